The van der Waals surface area contributed by atoms with E-state index in [4.69, 9.17) is 31.9 Å². The Hall–Kier alpha value is -3.37. The van der Waals surface area contributed by atoms with E-state index in [-0.39, 0.29) is 0 Å². The van der Waals surface area contributed by atoms with Crippen LogP contribution in [0.1, 0.15) is 0 Å². The number of benzene rings is 3. The van der Waals surface area contributed by atoms with Crippen LogP contribution < -0.4 is 23.5 Å². The second-order valence-corrected chi connectivity index (χ2v) is 7.60. The van der Waals surface area contributed by atoms with Gasteiger partial charge in [0.05, 0.1) is 44.6 Å². The Morgan fingerprint density at radius 3 is 1.69 bits per heavy atom. The minimum atomic E-state index is -5.42. The van der Waals surface area contributed by atoms with E-state index in [0.29, 0.717) is 11.5 Å². The Bertz CT molecular complexity index is 1410. The van der Waals surface area contributed by atoms with Crippen molar-refractivity contribution in [3.8, 4) is 23.0 Å². The van der Waals surface area contributed by atoms with Crippen molar-refractivity contribution in [1.82, 2.24) is 0 Å². The Kier molecular flexibility index (Phi) is 6.56. The first-order valence-electron chi connectivity index (χ1n) is 9.29. The van der Waals surface area contributed by atoms with E-state index >= 15 is 0 Å². The van der Waals surface area contributed by atoms with Crippen molar-refractivity contribution in [2.24, 2.45) is 7.05 Å². The number of rotatable bonds is 4. The predicted octanol–water partition coefficient (Wildman–Crippen LogP) is 3.42. The molecule has 3 aromatic carbocycles. The molecule has 32 heavy (non-hydrogen) atoms. The number of ether oxygens (including phenoxy) is 4. The summed E-state index contributed by atoms with van der Waals surface area (Å²) in [6.07, 6.45) is 2.11. The predicted molar refractivity (Wildman–Crippen MR) is 117 cm³/mol. The van der Waals surface area contributed by atoms with Crippen LogP contribution in [-0.2, 0) is 17.6 Å². The zero-order valence-corrected chi connectivity index (χ0v) is 18.9. The lowest BCUT2D eigenvalue weighted by Crippen LogP contribution is -2.28. The number of halogens is 1. The third-order valence-electron chi connectivity index (χ3n) is 5.03. The number of nitrogens with zero attached hydrogens (tertiary/aromatic N) is 1. The number of fused-ring (bicyclic) bond motifs is 5. The third kappa shape index (κ3) is 4.61. The molecule has 0 bridgehead atoms. The zero-order chi connectivity index (χ0) is 23.6. The standard InChI is InChI=1S/C22H22NO4.FHO3S/c1-23-12-14-9-19(25-3)20(26-4)10-16(14)15-7-6-13-8-18(24-2)21(27-5)11-17(13)22(15)23;1-5(2,3)4/h6-12H,1-5H3;(H,2,3,4)/q+1;/p-1. The van der Waals surface area contributed by atoms with Crippen molar-refractivity contribution < 1.29 is 40.4 Å². The summed E-state index contributed by atoms with van der Waals surface area (Å²) in [7, 11) is 3.24. The summed E-state index contributed by atoms with van der Waals surface area (Å²) in [6.45, 7) is 0. The molecule has 1 heterocycles. The van der Waals surface area contributed by atoms with E-state index in [1.54, 1.807) is 28.4 Å². The average molecular weight is 463 g/mol. The van der Waals surface area contributed by atoms with E-state index in [0.717, 1.165) is 43.9 Å². The van der Waals surface area contributed by atoms with Gasteiger partial charge in [0.2, 0.25) is 5.52 Å². The molecular formula is C22H22FNO7S. The summed E-state index contributed by atoms with van der Waals surface area (Å²) in [5.41, 5.74) is 1.12. The second kappa shape index (κ2) is 9.01. The first kappa shape index (κ1) is 23.3. The number of pyridine rings is 1. The van der Waals surface area contributed by atoms with Crippen molar-refractivity contribution in [2.45, 2.75) is 0 Å². The highest BCUT2D eigenvalue weighted by molar-refractivity contribution is 7.80. The van der Waals surface area contributed by atoms with E-state index in [2.05, 4.69) is 29.9 Å². The molecule has 8 nitrogen and oxygen atoms in total. The molecule has 0 radical (unpaired) electrons. The maximum absolute atomic E-state index is 10.1. The third-order valence-corrected chi connectivity index (χ3v) is 5.03. The molecule has 0 aliphatic rings. The molecule has 0 unspecified atom stereocenters. The smallest absolute Gasteiger partial charge is 0.255 e. The van der Waals surface area contributed by atoms with Crippen LogP contribution >= 0.6 is 0 Å². The number of aromatic nitrogens is 1. The van der Waals surface area contributed by atoms with Crippen molar-refractivity contribution in [3.05, 3.63) is 42.6 Å². The van der Waals surface area contributed by atoms with Gasteiger partial charge in [0.15, 0.2) is 29.2 Å². The highest BCUT2D eigenvalue weighted by Gasteiger charge is 2.18. The maximum atomic E-state index is 10.1. The minimum Gasteiger partial charge on any atom is -0.722 e. The van der Waals surface area contributed by atoms with Gasteiger partial charge in [-0.05, 0) is 35.7 Å². The van der Waals surface area contributed by atoms with Gasteiger partial charge in [-0.25, -0.2) is 8.42 Å². The molecule has 4 aromatic rings. The van der Waals surface area contributed by atoms with E-state index in [9.17, 15) is 3.89 Å². The fourth-order valence-electron chi connectivity index (χ4n) is 3.74. The summed E-state index contributed by atoms with van der Waals surface area (Å²) in [5.74, 6) is 2.87. The highest BCUT2D eigenvalue weighted by Crippen LogP contribution is 2.38. The lowest BCUT2D eigenvalue weighted by Gasteiger charge is -2.12. The van der Waals surface area contributed by atoms with Gasteiger partial charge in [0.25, 0.3) is 10.5 Å². The van der Waals surface area contributed by atoms with Crippen LogP contribution in [0.5, 0.6) is 23.0 Å². The summed E-state index contributed by atoms with van der Waals surface area (Å²) in [4.78, 5) is 0. The first-order chi connectivity index (χ1) is 15.1. The first-order valence-corrected chi connectivity index (χ1v) is 10.6. The van der Waals surface area contributed by atoms with Crippen LogP contribution in [0.3, 0.4) is 0 Å². The van der Waals surface area contributed by atoms with Crippen LogP contribution in [0.15, 0.2) is 42.6 Å². The lowest BCUT2D eigenvalue weighted by molar-refractivity contribution is -0.642. The number of hydrogen-bond acceptors (Lipinski definition) is 7. The minimum absolute atomic E-state index is 0.713. The summed E-state index contributed by atoms with van der Waals surface area (Å²) in [5, 5.41) is 5.52. The van der Waals surface area contributed by atoms with Crippen molar-refractivity contribution in [1.29, 1.82) is 0 Å². The highest BCUT2D eigenvalue weighted by atomic mass is 32.3. The lowest BCUT2D eigenvalue weighted by atomic mass is 10.00. The van der Waals surface area contributed by atoms with Crippen LogP contribution in [-0.4, -0.2) is 41.4 Å². The van der Waals surface area contributed by atoms with Crippen LogP contribution in [0.2, 0.25) is 0 Å². The quantitative estimate of drug-likeness (QED) is 0.198. The molecule has 0 N–H and O–H groups in total. The molecular weight excluding hydrogens is 441 g/mol. The van der Waals surface area contributed by atoms with Crippen molar-refractivity contribution in [3.63, 3.8) is 0 Å². The van der Waals surface area contributed by atoms with Gasteiger partial charge in [0.1, 0.15) is 7.05 Å². The fourth-order valence-corrected chi connectivity index (χ4v) is 3.74. The monoisotopic (exact) mass is 463 g/mol. The Morgan fingerprint density at radius 2 is 1.19 bits per heavy atom. The van der Waals surface area contributed by atoms with Crippen molar-refractivity contribution in [2.75, 3.05) is 28.4 Å². The van der Waals surface area contributed by atoms with Gasteiger partial charge in [-0.1, -0.05) is 6.07 Å². The molecule has 0 atom stereocenters. The van der Waals surface area contributed by atoms with Crippen LogP contribution in [0, 0.1) is 0 Å². The molecule has 4 rings (SSSR count). The fraction of sp³-hybridized carbons (Fsp3) is 0.227. The van der Waals surface area contributed by atoms with Gasteiger partial charge in [0, 0.05) is 5.39 Å². The Labute approximate surface area is 184 Å². The second-order valence-electron chi connectivity index (χ2n) is 6.82. The van der Waals surface area contributed by atoms with E-state index < -0.39 is 10.5 Å². The molecule has 0 saturated heterocycles. The van der Waals surface area contributed by atoms with Gasteiger partial charge in [-0.15, -0.1) is 3.89 Å². The molecule has 0 saturated carbocycles. The van der Waals surface area contributed by atoms with Crippen LogP contribution in [0.4, 0.5) is 3.89 Å². The molecule has 0 spiro atoms. The molecule has 0 amide bonds. The maximum Gasteiger partial charge on any atom is 0.255 e. The topological polar surface area (TPSA) is 98.0 Å². The van der Waals surface area contributed by atoms with Gasteiger partial charge >= 0.3 is 0 Å². The number of methoxy groups -OCH3 is 4. The Morgan fingerprint density at radius 1 is 0.750 bits per heavy atom. The van der Waals surface area contributed by atoms with Crippen molar-refractivity contribution >= 4 is 43.0 Å². The molecule has 0 fully saturated rings. The van der Waals surface area contributed by atoms with E-state index in [1.807, 2.05) is 24.3 Å². The number of hydrogen-bond donors (Lipinski definition) is 0. The molecule has 0 aliphatic carbocycles. The van der Waals surface area contributed by atoms with E-state index in [1.165, 1.54) is 0 Å². The normalized spacial score (nSPS) is 11.2. The summed E-state index contributed by atoms with van der Waals surface area (Å²) in [6, 6.07) is 12.3. The molecule has 10 heteroatoms. The largest absolute Gasteiger partial charge is 0.722 e. The van der Waals surface area contributed by atoms with Crippen LogP contribution in [0.25, 0.3) is 32.4 Å². The zero-order valence-electron chi connectivity index (χ0n) is 18.1. The summed E-state index contributed by atoms with van der Waals surface area (Å²) >= 11 is 0. The van der Waals surface area contributed by atoms with Gasteiger partial charge in [-0.2, -0.15) is 4.57 Å². The van der Waals surface area contributed by atoms with Gasteiger partial charge < -0.3 is 23.5 Å². The Balaban J connectivity index is 0.000000523. The average Bonchev–Trinajstić information content (AvgIpc) is 2.75. The molecule has 170 valence electrons. The SMILES string of the molecule is COc1cc2c[n+](C)c3c4cc(OC)c(OC)cc4ccc3c2cc1OC.O=S(=O)([O-])F. The van der Waals surface area contributed by atoms with Gasteiger partial charge in [-0.3, -0.25) is 0 Å². The molecule has 0 aliphatic heterocycles. The molecule has 1 aromatic heterocycles. The number of aryl methyl sites for hydroxylation is 1. The summed E-state index contributed by atoms with van der Waals surface area (Å²) < 4.78 is 59.4.